The van der Waals surface area contributed by atoms with E-state index < -0.39 is 5.66 Å². The SMILES string of the molecule is Cc1cc(C)c(=O)n2c1C(=O)NC2(C)c1ccccc1. The molecule has 1 atom stereocenters. The molecule has 0 spiro atoms. The highest BCUT2D eigenvalue weighted by molar-refractivity contribution is 5.97. The number of hydrogen-bond acceptors (Lipinski definition) is 2. The third-order valence-electron chi connectivity index (χ3n) is 3.93. The lowest BCUT2D eigenvalue weighted by atomic mass is 10.0. The van der Waals surface area contributed by atoms with Gasteiger partial charge in [-0.15, -0.1) is 0 Å². The quantitative estimate of drug-likeness (QED) is 0.859. The van der Waals surface area contributed by atoms with E-state index in [2.05, 4.69) is 5.32 Å². The van der Waals surface area contributed by atoms with Gasteiger partial charge in [0.25, 0.3) is 11.5 Å². The number of benzene rings is 1. The monoisotopic (exact) mass is 268 g/mol. The Kier molecular flexibility index (Phi) is 2.57. The van der Waals surface area contributed by atoms with E-state index in [0.29, 0.717) is 11.3 Å². The Morgan fingerprint density at radius 3 is 2.35 bits per heavy atom. The van der Waals surface area contributed by atoms with E-state index in [1.54, 1.807) is 17.6 Å². The Bertz CT molecular complexity index is 762. The van der Waals surface area contributed by atoms with Crippen LogP contribution < -0.4 is 10.9 Å². The van der Waals surface area contributed by atoms with E-state index >= 15 is 0 Å². The fourth-order valence-electron chi connectivity index (χ4n) is 2.92. The molecule has 1 aromatic heterocycles. The molecule has 4 nitrogen and oxygen atoms in total. The van der Waals surface area contributed by atoms with Crippen LogP contribution in [-0.2, 0) is 5.66 Å². The van der Waals surface area contributed by atoms with Gasteiger partial charge in [-0.3, -0.25) is 14.2 Å². The average molecular weight is 268 g/mol. The molecule has 0 saturated heterocycles. The summed E-state index contributed by atoms with van der Waals surface area (Å²) in [5.41, 5.74) is 1.84. The Hall–Kier alpha value is -2.36. The van der Waals surface area contributed by atoms with Gasteiger partial charge in [0, 0.05) is 5.56 Å². The van der Waals surface area contributed by atoms with Crippen LogP contribution in [0.15, 0.2) is 41.2 Å². The van der Waals surface area contributed by atoms with Crippen molar-refractivity contribution in [3.63, 3.8) is 0 Å². The predicted molar refractivity (Wildman–Crippen MR) is 76.8 cm³/mol. The number of aryl methyl sites for hydroxylation is 2. The number of hydrogen-bond donors (Lipinski definition) is 1. The summed E-state index contributed by atoms with van der Waals surface area (Å²) < 4.78 is 1.58. The standard InChI is InChI=1S/C16H16N2O2/c1-10-9-11(2)15(20)18-13(10)14(19)17-16(18,3)12-7-5-4-6-8-12/h4-9H,1-3H3,(H,17,19). The summed E-state index contributed by atoms with van der Waals surface area (Å²) in [6.07, 6.45) is 0. The van der Waals surface area contributed by atoms with Crippen LogP contribution >= 0.6 is 0 Å². The first-order chi connectivity index (χ1) is 9.45. The lowest BCUT2D eigenvalue weighted by Gasteiger charge is -2.28. The maximum atomic E-state index is 12.5. The van der Waals surface area contributed by atoms with Crippen molar-refractivity contribution in [2.45, 2.75) is 26.4 Å². The van der Waals surface area contributed by atoms with Gasteiger partial charge in [0.2, 0.25) is 0 Å². The molecule has 3 rings (SSSR count). The largest absolute Gasteiger partial charge is 0.324 e. The van der Waals surface area contributed by atoms with Crippen LogP contribution in [0.2, 0.25) is 0 Å². The van der Waals surface area contributed by atoms with E-state index in [9.17, 15) is 9.59 Å². The Labute approximate surface area is 117 Å². The molecule has 1 aliphatic heterocycles. The Morgan fingerprint density at radius 1 is 1.05 bits per heavy atom. The van der Waals surface area contributed by atoms with Crippen molar-refractivity contribution in [2.24, 2.45) is 0 Å². The number of aromatic nitrogens is 1. The van der Waals surface area contributed by atoms with Crippen molar-refractivity contribution in [3.8, 4) is 0 Å². The molecule has 2 aromatic rings. The molecule has 20 heavy (non-hydrogen) atoms. The van der Waals surface area contributed by atoms with Crippen molar-refractivity contribution in [1.29, 1.82) is 0 Å². The highest BCUT2D eigenvalue weighted by Crippen LogP contribution is 2.29. The number of nitrogens with zero attached hydrogens (tertiary/aromatic N) is 1. The van der Waals surface area contributed by atoms with E-state index in [1.807, 2.05) is 44.2 Å². The molecule has 0 aliphatic carbocycles. The fraction of sp³-hybridized carbons (Fsp3) is 0.250. The number of carbonyl (C=O) groups is 1. The van der Waals surface area contributed by atoms with Crippen molar-refractivity contribution < 1.29 is 4.79 Å². The van der Waals surface area contributed by atoms with Crippen molar-refractivity contribution in [3.05, 3.63) is 69.1 Å². The Balaban J connectivity index is 2.37. The molecular weight excluding hydrogens is 252 g/mol. The van der Waals surface area contributed by atoms with E-state index in [4.69, 9.17) is 0 Å². The van der Waals surface area contributed by atoms with Crippen LogP contribution in [0.1, 0.15) is 34.1 Å². The molecule has 1 amide bonds. The second-order valence-electron chi connectivity index (χ2n) is 5.39. The number of rotatable bonds is 1. The Morgan fingerprint density at radius 2 is 1.70 bits per heavy atom. The maximum Gasteiger partial charge on any atom is 0.270 e. The molecule has 1 unspecified atom stereocenters. The molecule has 2 heterocycles. The van der Waals surface area contributed by atoms with Gasteiger partial charge in [0.1, 0.15) is 11.4 Å². The number of pyridine rings is 1. The zero-order chi connectivity index (χ0) is 14.5. The van der Waals surface area contributed by atoms with Gasteiger partial charge in [0.05, 0.1) is 0 Å². The van der Waals surface area contributed by atoms with E-state index in [0.717, 1.165) is 11.1 Å². The molecule has 0 bridgehead atoms. The summed E-state index contributed by atoms with van der Waals surface area (Å²) >= 11 is 0. The van der Waals surface area contributed by atoms with Crippen LogP contribution in [0, 0.1) is 13.8 Å². The van der Waals surface area contributed by atoms with Crippen LogP contribution in [0.5, 0.6) is 0 Å². The summed E-state index contributed by atoms with van der Waals surface area (Å²) in [5, 5.41) is 2.94. The topological polar surface area (TPSA) is 51.1 Å². The average Bonchev–Trinajstić information content (AvgIpc) is 2.70. The summed E-state index contributed by atoms with van der Waals surface area (Å²) in [5.74, 6) is -0.203. The second-order valence-corrected chi connectivity index (χ2v) is 5.39. The van der Waals surface area contributed by atoms with Gasteiger partial charge in [-0.2, -0.15) is 0 Å². The molecular formula is C16H16N2O2. The minimum atomic E-state index is -0.832. The first kappa shape index (κ1) is 12.7. The van der Waals surface area contributed by atoms with Crippen LogP contribution in [-0.4, -0.2) is 10.5 Å². The third kappa shape index (κ3) is 1.54. The minimum Gasteiger partial charge on any atom is -0.324 e. The summed E-state index contributed by atoms with van der Waals surface area (Å²) in [6, 6.07) is 11.3. The lowest BCUT2D eigenvalue weighted by molar-refractivity contribution is 0.0941. The molecule has 4 heteroatoms. The van der Waals surface area contributed by atoms with Crippen LogP contribution in [0.3, 0.4) is 0 Å². The number of nitrogens with one attached hydrogen (secondary N) is 1. The maximum absolute atomic E-state index is 12.5. The van der Waals surface area contributed by atoms with Gasteiger partial charge in [-0.1, -0.05) is 30.3 Å². The normalized spacial score (nSPS) is 20.6. The highest BCUT2D eigenvalue weighted by atomic mass is 16.2. The van der Waals surface area contributed by atoms with Gasteiger partial charge in [-0.05, 0) is 38.0 Å². The number of carbonyl (C=O) groups excluding carboxylic acids is 1. The van der Waals surface area contributed by atoms with Gasteiger partial charge >= 0.3 is 0 Å². The summed E-state index contributed by atoms with van der Waals surface area (Å²) in [7, 11) is 0. The fourth-order valence-corrected chi connectivity index (χ4v) is 2.92. The summed E-state index contributed by atoms with van der Waals surface area (Å²) in [4.78, 5) is 24.8. The molecule has 1 N–H and O–H groups in total. The van der Waals surface area contributed by atoms with Crippen molar-refractivity contribution in [1.82, 2.24) is 9.88 Å². The lowest BCUT2D eigenvalue weighted by Crippen LogP contribution is -2.46. The van der Waals surface area contributed by atoms with E-state index in [-0.39, 0.29) is 11.5 Å². The molecule has 1 aromatic carbocycles. The van der Waals surface area contributed by atoms with Gasteiger partial charge < -0.3 is 5.32 Å². The predicted octanol–water partition coefficient (Wildman–Crippen LogP) is 1.93. The summed E-state index contributed by atoms with van der Waals surface area (Å²) in [6.45, 7) is 5.49. The first-order valence-electron chi connectivity index (χ1n) is 6.57. The third-order valence-corrected chi connectivity index (χ3v) is 3.93. The van der Waals surface area contributed by atoms with Crippen LogP contribution in [0.4, 0.5) is 0 Å². The first-order valence-corrected chi connectivity index (χ1v) is 6.57. The zero-order valence-electron chi connectivity index (χ0n) is 11.7. The number of fused-ring (bicyclic) bond motifs is 1. The van der Waals surface area contributed by atoms with Crippen LogP contribution in [0.25, 0.3) is 0 Å². The van der Waals surface area contributed by atoms with E-state index in [1.165, 1.54) is 0 Å². The van der Waals surface area contributed by atoms with Gasteiger partial charge in [0.15, 0.2) is 0 Å². The smallest absolute Gasteiger partial charge is 0.270 e. The molecule has 0 saturated carbocycles. The molecule has 0 fully saturated rings. The highest BCUT2D eigenvalue weighted by Gasteiger charge is 2.41. The number of amides is 1. The molecule has 102 valence electrons. The van der Waals surface area contributed by atoms with Crippen molar-refractivity contribution >= 4 is 5.91 Å². The molecule has 0 radical (unpaired) electrons. The molecule has 1 aliphatic rings. The minimum absolute atomic E-state index is 0.129. The zero-order valence-corrected chi connectivity index (χ0v) is 11.7. The van der Waals surface area contributed by atoms with Crippen molar-refractivity contribution in [2.75, 3.05) is 0 Å². The second kappa shape index (κ2) is 4.07. The van der Waals surface area contributed by atoms with Gasteiger partial charge in [-0.25, -0.2) is 0 Å².